The quantitative estimate of drug-likeness (QED) is 0.764. The fraction of sp³-hybridized carbons (Fsp3) is 0.125. The zero-order chi connectivity index (χ0) is 16.4. The third-order valence-corrected chi connectivity index (χ3v) is 3.92. The lowest BCUT2D eigenvalue weighted by Crippen LogP contribution is -2.13. The SMILES string of the molecule is CS(=O)(=O)Nc1ccc(Cc2cc3ccccc3[nH]c2=O)cn1. The van der Waals surface area contributed by atoms with Crippen LogP contribution < -0.4 is 10.3 Å². The van der Waals surface area contributed by atoms with Crippen molar-refractivity contribution in [2.24, 2.45) is 0 Å². The molecule has 7 heteroatoms. The van der Waals surface area contributed by atoms with Crippen molar-refractivity contribution in [1.82, 2.24) is 9.97 Å². The van der Waals surface area contributed by atoms with Gasteiger partial charge in [0, 0.05) is 23.7 Å². The minimum absolute atomic E-state index is 0.137. The number of hydrogen-bond donors (Lipinski definition) is 2. The van der Waals surface area contributed by atoms with Crippen molar-refractivity contribution in [2.45, 2.75) is 6.42 Å². The van der Waals surface area contributed by atoms with E-state index in [1.54, 1.807) is 18.3 Å². The number of hydrogen-bond acceptors (Lipinski definition) is 4. The van der Waals surface area contributed by atoms with Crippen LogP contribution in [0.1, 0.15) is 11.1 Å². The predicted octanol–water partition coefficient (Wildman–Crippen LogP) is 1.89. The minimum atomic E-state index is -3.35. The van der Waals surface area contributed by atoms with E-state index in [1.165, 1.54) is 0 Å². The summed E-state index contributed by atoms with van der Waals surface area (Å²) < 4.78 is 24.6. The molecule has 0 spiro atoms. The van der Waals surface area contributed by atoms with Gasteiger partial charge in [0.25, 0.3) is 5.56 Å². The first-order valence-corrected chi connectivity index (χ1v) is 8.83. The van der Waals surface area contributed by atoms with Crippen molar-refractivity contribution in [1.29, 1.82) is 0 Å². The molecule has 2 aromatic heterocycles. The molecule has 0 radical (unpaired) electrons. The number of rotatable bonds is 4. The van der Waals surface area contributed by atoms with Crippen LogP contribution >= 0.6 is 0 Å². The standard InChI is InChI=1S/C16H15N3O3S/c1-23(21,22)19-15-7-6-11(10-17-15)8-13-9-12-4-2-3-5-14(12)18-16(13)20/h2-7,9-10H,8H2,1H3,(H,17,19)(H,18,20). The second-order valence-electron chi connectivity index (χ2n) is 5.31. The monoisotopic (exact) mass is 329 g/mol. The molecular formula is C16H15N3O3S. The number of fused-ring (bicyclic) bond motifs is 1. The topological polar surface area (TPSA) is 91.9 Å². The highest BCUT2D eigenvalue weighted by Crippen LogP contribution is 2.14. The number of aromatic amines is 1. The van der Waals surface area contributed by atoms with Crippen molar-refractivity contribution >= 4 is 26.7 Å². The van der Waals surface area contributed by atoms with E-state index in [-0.39, 0.29) is 11.4 Å². The van der Waals surface area contributed by atoms with Gasteiger partial charge in [0.15, 0.2) is 0 Å². The van der Waals surface area contributed by atoms with Gasteiger partial charge >= 0.3 is 0 Å². The first kappa shape index (κ1) is 15.2. The molecule has 3 aromatic rings. The Morgan fingerprint density at radius 3 is 2.65 bits per heavy atom. The van der Waals surface area contributed by atoms with Gasteiger partial charge in [-0.2, -0.15) is 0 Å². The summed E-state index contributed by atoms with van der Waals surface area (Å²) in [6.07, 6.45) is 3.05. The Balaban J connectivity index is 1.87. The van der Waals surface area contributed by atoms with E-state index in [1.807, 2.05) is 30.3 Å². The van der Waals surface area contributed by atoms with Crippen molar-refractivity contribution < 1.29 is 8.42 Å². The van der Waals surface area contributed by atoms with Gasteiger partial charge in [-0.05, 0) is 29.1 Å². The second-order valence-corrected chi connectivity index (χ2v) is 7.06. The van der Waals surface area contributed by atoms with Crippen LogP contribution in [-0.4, -0.2) is 24.6 Å². The van der Waals surface area contributed by atoms with Crippen molar-refractivity contribution in [2.75, 3.05) is 11.0 Å². The summed E-state index contributed by atoms with van der Waals surface area (Å²) in [5, 5.41) is 0.963. The molecule has 0 atom stereocenters. The first-order valence-electron chi connectivity index (χ1n) is 6.94. The van der Waals surface area contributed by atoms with E-state index in [4.69, 9.17) is 0 Å². The van der Waals surface area contributed by atoms with Gasteiger partial charge < -0.3 is 4.98 Å². The summed E-state index contributed by atoms with van der Waals surface area (Å²) >= 11 is 0. The maximum absolute atomic E-state index is 12.1. The van der Waals surface area contributed by atoms with Crippen LogP contribution in [-0.2, 0) is 16.4 Å². The Morgan fingerprint density at radius 1 is 1.17 bits per heavy atom. The largest absolute Gasteiger partial charge is 0.322 e. The Kier molecular flexibility index (Phi) is 3.87. The number of nitrogens with one attached hydrogen (secondary N) is 2. The van der Waals surface area contributed by atoms with Gasteiger partial charge in [0.2, 0.25) is 10.0 Å². The molecule has 0 aliphatic rings. The second kappa shape index (κ2) is 5.85. The van der Waals surface area contributed by atoms with Gasteiger partial charge in [-0.25, -0.2) is 13.4 Å². The van der Waals surface area contributed by atoms with E-state index < -0.39 is 10.0 Å². The summed E-state index contributed by atoms with van der Waals surface area (Å²) in [4.78, 5) is 19.0. The van der Waals surface area contributed by atoms with Gasteiger partial charge in [0.1, 0.15) is 5.82 Å². The lowest BCUT2D eigenvalue weighted by molar-refractivity contribution is 0.606. The molecule has 0 aliphatic carbocycles. The zero-order valence-corrected chi connectivity index (χ0v) is 13.2. The molecule has 0 bridgehead atoms. The Labute approximate surface area is 133 Å². The molecular weight excluding hydrogens is 314 g/mol. The number of anilines is 1. The molecule has 118 valence electrons. The van der Waals surface area contributed by atoms with Crippen LogP contribution in [0, 0.1) is 0 Å². The molecule has 2 heterocycles. The fourth-order valence-corrected chi connectivity index (χ4v) is 2.82. The molecule has 0 saturated carbocycles. The summed E-state index contributed by atoms with van der Waals surface area (Å²) in [5.74, 6) is 0.253. The molecule has 6 nitrogen and oxygen atoms in total. The molecule has 23 heavy (non-hydrogen) atoms. The minimum Gasteiger partial charge on any atom is -0.322 e. The van der Waals surface area contributed by atoms with E-state index in [9.17, 15) is 13.2 Å². The highest BCUT2D eigenvalue weighted by atomic mass is 32.2. The molecule has 0 unspecified atom stereocenters. The van der Waals surface area contributed by atoms with Gasteiger partial charge in [-0.15, -0.1) is 0 Å². The number of sulfonamides is 1. The first-order chi connectivity index (χ1) is 10.9. The van der Waals surface area contributed by atoms with E-state index >= 15 is 0 Å². The normalized spacial score (nSPS) is 11.5. The van der Waals surface area contributed by atoms with Crippen LogP contribution in [0.25, 0.3) is 10.9 Å². The van der Waals surface area contributed by atoms with Gasteiger partial charge in [-0.1, -0.05) is 24.3 Å². The van der Waals surface area contributed by atoms with Gasteiger partial charge in [0.05, 0.1) is 6.26 Å². The Morgan fingerprint density at radius 2 is 1.96 bits per heavy atom. The zero-order valence-electron chi connectivity index (χ0n) is 12.4. The maximum atomic E-state index is 12.1. The van der Waals surface area contributed by atoms with Crippen molar-refractivity contribution in [3.63, 3.8) is 0 Å². The number of para-hydroxylation sites is 1. The number of benzene rings is 1. The van der Waals surface area contributed by atoms with Crippen LogP contribution in [0.5, 0.6) is 0 Å². The molecule has 0 saturated heterocycles. The lowest BCUT2D eigenvalue weighted by Gasteiger charge is -2.06. The average molecular weight is 329 g/mol. The van der Waals surface area contributed by atoms with Crippen molar-refractivity contribution in [3.8, 4) is 0 Å². The number of aromatic nitrogens is 2. The summed E-state index contributed by atoms with van der Waals surface area (Å²) in [7, 11) is -3.35. The van der Waals surface area contributed by atoms with Crippen LogP contribution in [0.3, 0.4) is 0 Å². The molecule has 0 amide bonds. The van der Waals surface area contributed by atoms with E-state index in [2.05, 4.69) is 14.7 Å². The number of H-pyrrole nitrogens is 1. The highest BCUT2D eigenvalue weighted by Gasteiger charge is 2.06. The maximum Gasteiger partial charge on any atom is 0.251 e. The van der Waals surface area contributed by atoms with Crippen molar-refractivity contribution in [3.05, 3.63) is 70.1 Å². The smallest absolute Gasteiger partial charge is 0.251 e. The molecule has 0 fully saturated rings. The summed E-state index contributed by atoms with van der Waals surface area (Å²) in [6, 6.07) is 12.8. The van der Waals surface area contributed by atoms with E-state index in [0.29, 0.717) is 12.0 Å². The molecule has 3 rings (SSSR count). The van der Waals surface area contributed by atoms with E-state index in [0.717, 1.165) is 22.7 Å². The highest BCUT2D eigenvalue weighted by molar-refractivity contribution is 7.92. The number of nitrogens with zero attached hydrogens (tertiary/aromatic N) is 1. The third kappa shape index (κ3) is 3.75. The Hall–Kier alpha value is -2.67. The fourth-order valence-electron chi connectivity index (χ4n) is 2.32. The predicted molar refractivity (Wildman–Crippen MR) is 90.1 cm³/mol. The molecule has 0 aliphatic heterocycles. The number of pyridine rings is 2. The molecule has 2 N–H and O–H groups in total. The summed E-state index contributed by atoms with van der Waals surface area (Å²) in [6.45, 7) is 0. The van der Waals surface area contributed by atoms with Gasteiger partial charge in [-0.3, -0.25) is 9.52 Å². The van der Waals surface area contributed by atoms with Crippen LogP contribution in [0.2, 0.25) is 0 Å². The Bertz CT molecular complexity index is 1010. The van der Waals surface area contributed by atoms with Crippen LogP contribution in [0.4, 0.5) is 5.82 Å². The molecule has 1 aromatic carbocycles. The lowest BCUT2D eigenvalue weighted by atomic mass is 10.1. The summed E-state index contributed by atoms with van der Waals surface area (Å²) in [5.41, 5.74) is 2.12. The van der Waals surface area contributed by atoms with Crippen LogP contribution in [0.15, 0.2) is 53.5 Å². The third-order valence-electron chi connectivity index (χ3n) is 3.34. The average Bonchev–Trinajstić information content (AvgIpc) is 2.48.